The summed E-state index contributed by atoms with van der Waals surface area (Å²) in [5, 5.41) is 4.29. The summed E-state index contributed by atoms with van der Waals surface area (Å²) >= 11 is 0. The van der Waals surface area contributed by atoms with Gasteiger partial charge in [0.25, 0.3) is 0 Å². The Hall–Kier alpha value is -3.54. The number of carbonyl (C=O) groups is 1. The number of aromatic nitrogens is 1. The number of pyridine rings is 1. The molecule has 4 aromatic rings. The number of likely N-dealkylation sites (tertiary alicyclic amines) is 1. The molecule has 1 aromatic heterocycles. The minimum Gasteiger partial charge on any atom is -0.372 e. The van der Waals surface area contributed by atoms with Crippen molar-refractivity contribution in [3.63, 3.8) is 0 Å². The summed E-state index contributed by atoms with van der Waals surface area (Å²) in [4.78, 5) is 20.3. The average Bonchev–Trinajstić information content (AvgIpc) is 2.93. The van der Waals surface area contributed by atoms with E-state index < -0.39 is 0 Å². The first-order valence-corrected chi connectivity index (χ1v) is 12.3. The molecule has 5 rings (SSSR count). The van der Waals surface area contributed by atoms with E-state index >= 15 is 0 Å². The molecule has 5 nitrogen and oxygen atoms in total. The lowest BCUT2D eigenvalue weighted by atomic mass is 9.99. The summed E-state index contributed by atoms with van der Waals surface area (Å²) in [6.07, 6.45) is 1.95. The minimum atomic E-state index is -0.303. The van der Waals surface area contributed by atoms with Crippen LogP contribution in [0.4, 0.5) is 0 Å². The number of hydrogen-bond acceptors (Lipinski definition) is 4. The van der Waals surface area contributed by atoms with E-state index in [9.17, 15) is 4.79 Å². The highest BCUT2D eigenvalue weighted by atomic mass is 16.5. The Balaban J connectivity index is 1.19. The molecule has 0 spiro atoms. The summed E-state index contributed by atoms with van der Waals surface area (Å²) < 4.78 is 6.23. The second-order valence-corrected chi connectivity index (χ2v) is 9.06. The van der Waals surface area contributed by atoms with Gasteiger partial charge in [-0.05, 0) is 36.1 Å². The number of para-hydroxylation sites is 1. The van der Waals surface area contributed by atoms with Crippen LogP contribution < -0.4 is 5.32 Å². The van der Waals surface area contributed by atoms with Gasteiger partial charge in [-0.15, -0.1) is 0 Å². The molecule has 1 unspecified atom stereocenters. The monoisotopic (exact) mass is 465 g/mol. The third-order valence-corrected chi connectivity index (χ3v) is 6.64. The number of amides is 1. The molecule has 1 aliphatic heterocycles. The number of fused-ring (bicyclic) bond motifs is 1. The zero-order valence-corrected chi connectivity index (χ0v) is 19.8. The fourth-order valence-corrected chi connectivity index (χ4v) is 4.74. The van der Waals surface area contributed by atoms with Crippen LogP contribution in [0.25, 0.3) is 10.9 Å². The van der Waals surface area contributed by atoms with Crippen LogP contribution in [0.2, 0.25) is 0 Å². The molecule has 2 heterocycles. The van der Waals surface area contributed by atoms with Crippen molar-refractivity contribution in [2.24, 2.45) is 0 Å². The van der Waals surface area contributed by atoms with E-state index in [1.807, 2.05) is 84.9 Å². The molecular formula is C30H31N3O2. The van der Waals surface area contributed by atoms with Crippen LogP contribution in [0.1, 0.15) is 35.7 Å². The maximum Gasteiger partial charge on any atom is 0.242 e. The van der Waals surface area contributed by atoms with Gasteiger partial charge in [-0.2, -0.15) is 0 Å². The largest absolute Gasteiger partial charge is 0.372 e. The molecule has 0 saturated carbocycles. The van der Waals surface area contributed by atoms with Crippen molar-refractivity contribution in [3.8, 4) is 0 Å². The molecule has 1 atom stereocenters. The first-order chi connectivity index (χ1) is 17.3. The van der Waals surface area contributed by atoms with Crippen molar-refractivity contribution in [1.82, 2.24) is 15.2 Å². The van der Waals surface area contributed by atoms with E-state index in [1.165, 1.54) is 0 Å². The maximum absolute atomic E-state index is 13.3. The molecule has 1 N–H and O–H groups in total. The number of nitrogens with one attached hydrogen (secondary N) is 1. The van der Waals surface area contributed by atoms with E-state index in [-0.39, 0.29) is 18.1 Å². The second kappa shape index (κ2) is 11.3. The van der Waals surface area contributed by atoms with Gasteiger partial charge in [0.1, 0.15) is 6.04 Å². The number of benzene rings is 3. The number of carbonyl (C=O) groups excluding carboxylic acids is 1. The summed E-state index contributed by atoms with van der Waals surface area (Å²) in [7, 11) is 0. The van der Waals surface area contributed by atoms with Gasteiger partial charge < -0.3 is 10.1 Å². The molecule has 1 amide bonds. The summed E-state index contributed by atoms with van der Waals surface area (Å²) in [5.41, 5.74) is 4.07. The second-order valence-electron chi connectivity index (χ2n) is 9.06. The molecule has 0 aliphatic carbocycles. The van der Waals surface area contributed by atoms with Gasteiger partial charge in [0.05, 0.1) is 23.9 Å². The van der Waals surface area contributed by atoms with Crippen LogP contribution in [0, 0.1) is 0 Å². The van der Waals surface area contributed by atoms with E-state index in [4.69, 9.17) is 9.72 Å². The van der Waals surface area contributed by atoms with E-state index in [2.05, 4.69) is 22.3 Å². The van der Waals surface area contributed by atoms with Crippen LogP contribution in [0.5, 0.6) is 0 Å². The van der Waals surface area contributed by atoms with Crippen LogP contribution in [0.3, 0.4) is 0 Å². The Morgan fingerprint density at radius 1 is 0.886 bits per heavy atom. The van der Waals surface area contributed by atoms with E-state index in [0.717, 1.165) is 53.7 Å². The topological polar surface area (TPSA) is 54.5 Å². The lowest BCUT2D eigenvalue weighted by Crippen LogP contribution is -2.45. The predicted octanol–water partition coefficient (Wildman–Crippen LogP) is 5.27. The van der Waals surface area contributed by atoms with Crippen molar-refractivity contribution in [3.05, 3.63) is 114 Å². The Bertz CT molecular complexity index is 1240. The molecule has 0 radical (unpaired) electrons. The van der Waals surface area contributed by atoms with E-state index in [1.54, 1.807) is 0 Å². The predicted molar refractivity (Wildman–Crippen MR) is 139 cm³/mol. The van der Waals surface area contributed by atoms with Crippen molar-refractivity contribution >= 4 is 16.8 Å². The molecule has 1 saturated heterocycles. The number of hydrogen-bond donors (Lipinski definition) is 1. The Morgan fingerprint density at radius 2 is 1.57 bits per heavy atom. The normalized spacial score (nSPS) is 15.7. The van der Waals surface area contributed by atoms with Gasteiger partial charge in [0.2, 0.25) is 5.91 Å². The van der Waals surface area contributed by atoms with Crippen molar-refractivity contribution in [1.29, 1.82) is 0 Å². The van der Waals surface area contributed by atoms with E-state index in [0.29, 0.717) is 13.2 Å². The molecule has 1 aliphatic rings. The van der Waals surface area contributed by atoms with Crippen LogP contribution >= 0.6 is 0 Å². The average molecular weight is 466 g/mol. The smallest absolute Gasteiger partial charge is 0.242 e. The molecule has 35 heavy (non-hydrogen) atoms. The zero-order chi connectivity index (χ0) is 23.9. The number of rotatable bonds is 8. The van der Waals surface area contributed by atoms with Crippen molar-refractivity contribution in [2.75, 3.05) is 13.1 Å². The summed E-state index contributed by atoms with van der Waals surface area (Å²) in [5.74, 6) is 0.0415. The van der Waals surface area contributed by atoms with Crippen LogP contribution in [0.15, 0.2) is 97.1 Å². The molecular weight excluding hydrogens is 434 g/mol. The third-order valence-electron chi connectivity index (χ3n) is 6.64. The fourth-order valence-electron chi connectivity index (χ4n) is 4.74. The SMILES string of the molecule is O=C(NCc1ccccc1)C(c1ccccc1)N1CCC(OCc2ccc3ccccc3n2)CC1. The maximum atomic E-state index is 13.3. The highest BCUT2D eigenvalue weighted by Crippen LogP contribution is 2.26. The van der Waals surface area contributed by atoms with Gasteiger partial charge in [-0.3, -0.25) is 14.7 Å². The number of piperidine rings is 1. The fraction of sp³-hybridized carbons (Fsp3) is 0.267. The van der Waals surface area contributed by atoms with Crippen LogP contribution in [-0.4, -0.2) is 35.0 Å². The first-order valence-electron chi connectivity index (χ1n) is 12.3. The highest BCUT2D eigenvalue weighted by molar-refractivity contribution is 5.83. The lowest BCUT2D eigenvalue weighted by Gasteiger charge is -2.37. The molecule has 0 bridgehead atoms. The van der Waals surface area contributed by atoms with Crippen LogP contribution in [-0.2, 0) is 22.7 Å². The van der Waals surface area contributed by atoms with Gasteiger partial charge in [-0.25, -0.2) is 0 Å². The molecule has 3 aromatic carbocycles. The highest BCUT2D eigenvalue weighted by Gasteiger charge is 2.31. The van der Waals surface area contributed by atoms with Gasteiger partial charge in [0.15, 0.2) is 0 Å². The number of ether oxygens (including phenoxy) is 1. The first kappa shape index (κ1) is 23.2. The standard InChI is InChI=1S/C30H31N3O2/c34-30(31-21-23-9-3-1-4-10-23)29(25-12-5-2-6-13-25)33-19-17-27(18-20-33)35-22-26-16-15-24-11-7-8-14-28(24)32-26/h1-16,27,29H,17-22H2,(H,31,34). The Kier molecular flexibility index (Phi) is 7.47. The molecule has 5 heteroatoms. The van der Waals surface area contributed by atoms with Crippen molar-refractivity contribution in [2.45, 2.75) is 38.1 Å². The molecule has 1 fully saturated rings. The van der Waals surface area contributed by atoms with Crippen molar-refractivity contribution < 1.29 is 9.53 Å². The van der Waals surface area contributed by atoms with Gasteiger partial charge in [-0.1, -0.05) is 84.9 Å². The molecule has 178 valence electrons. The Labute approximate surface area is 206 Å². The minimum absolute atomic E-state index is 0.0415. The number of nitrogens with zero attached hydrogens (tertiary/aromatic N) is 2. The van der Waals surface area contributed by atoms with Gasteiger partial charge >= 0.3 is 0 Å². The van der Waals surface area contributed by atoms with Gasteiger partial charge in [0, 0.05) is 25.0 Å². The quantitative estimate of drug-likeness (QED) is 0.385. The Morgan fingerprint density at radius 3 is 2.34 bits per heavy atom. The lowest BCUT2D eigenvalue weighted by molar-refractivity contribution is -0.128. The summed E-state index contributed by atoms with van der Waals surface area (Å²) in [6.45, 7) is 2.67. The summed E-state index contributed by atoms with van der Waals surface area (Å²) in [6, 6.07) is 32.1. The third kappa shape index (κ3) is 5.94. The zero-order valence-electron chi connectivity index (χ0n) is 19.8.